The van der Waals surface area contributed by atoms with Gasteiger partial charge >= 0.3 is 5.97 Å². The molecule has 2 rings (SSSR count). The van der Waals surface area contributed by atoms with E-state index in [2.05, 4.69) is 11.2 Å². The summed E-state index contributed by atoms with van der Waals surface area (Å²) in [5.74, 6) is -0.449. The lowest BCUT2D eigenvalue weighted by molar-refractivity contribution is -0.140. The fraction of sp³-hybridized carbons (Fsp3) is 0.296. The van der Waals surface area contributed by atoms with E-state index in [0.29, 0.717) is 11.3 Å². The van der Waals surface area contributed by atoms with Crippen LogP contribution in [-0.4, -0.2) is 22.0 Å². The van der Waals surface area contributed by atoms with Crippen LogP contribution in [0.3, 0.4) is 0 Å². The van der Waals surface area contributed by atoms with Crippen LogP contribution < -0.4 is 0 Å². The number of hydrogen-bond donors (Lipinski definition) is 0. The number of aryl methyl sites for hydroxylation is 2. The van der Waals surface area contributed by atoms with Crippen LogP contribution in [-0.2, 0) is 16.2 Å². The molecule has 1 aromatic rings. The molecular formula is C27H32N2O3. The molecule has 32 heavy (non-hydrogen) atoms. The van der Waals surface area contributed by atoms with Crippen LogP contribution >= 0.6 is 0 Å². The Labute approximate surface area is 190 Å². The molecular weight excluding hydrogens is 400 g/mol. The Hall–Kier alpha value is -3.47. The molecule has 0 saturated carbocycles. The summed E-state index contributed by atoms with van der Waals surface area (Å²) in [5.41, 5.74) is 4.70. The molecule has 0 bridgehead atoms. The molecule has 1 aliphatic carbocycles. The molecule has 1 heterocycles. The van der Waals surface area contributed by atoms with E-state index in [-0.39, 0.29) is 5.78 Å². The van der Waals surface area contributed by atoms with Gasteiger partial charge in [-0.05, 0) is 75.9 Å². The third-order valence-electron chi connectivity index (χ3n) is 5.01. The molecule has 0 aliphatic heterocycles. The number of oxime groups is 1. The molecule has 0 spiro atoms. The Kier molecular flexibility index (Phi) is 9.61. The summed E-state index contributed by atoms with van der Waals surface area (Å²) in [5, 5.41) is 3.90. The van der Waals surface area contributed by atoms with Crippen LogP contribution in [0.15, 0.2) is 83.3 Å². The lowest BCUT2D eigenvalue weighted by Gasteiger charge is -2.11. The smallest absolute Gasteiger partial charge is 0.331 e. The van der Waals surface area contributed by atoms with Gasteiger partial charge < -0.3 is 9.40 Å². The predicted octanol–water partition coefficient (Wildman–Crippen LogP) is 6.20. The van der Waals surface area contributed by atoms with Gasteiger partial charge in [0.2, 0.25) is 0 Å². The fourth-order valence-electron chi connectivity index (χ4n) is 3.19. The van der Waals surface area contributed by atoms with Gasteiger partial charge in [0.1, 0.15) is 0 Å². The minimum Gasteiger partial charge on any atom is -0.355 e. The SMILES string of the molecule is CCn1cccc(C(=O)C2=CCCC=C2C)cc(C)ccc(/C(C)=N/OC(C)=O)ccc1. The normalized spacial score (nSPS) is 13.2. The van der Waals surface area contributed by atoms with Gasteiger partial charge in [0.05, 0.1) is 5.71 Å². The summed E-state index contributed by atoms with van der Waals surface area (Å²) in [6.07, 6.45) is 9.87. The first-order chi connectivity index (χ1) is 15.3. The standard InChI is InChI=1S/C27H32N2O3/c1-6-29-17-9-12-24(22(4)28-32-23(5)30)16-15-20(2)19-25(13-10-18-29)27(31)26-14-8-7-11-21(26)3/h9-19H,6-8H2,1-5H3/b16-15?,17-9?,18-10?,20-19?,24-12?,25-13?,28-22+. The van der Waals surface area contributed by atoms with Gasteiger partial charge in [0.25, 0.3) is 0 Å². The largest absolute Gasteiger partial charge is 0.355 e. The van der Waals surface area contributed by atoms with E-state index in [9.17, 15) is 9.59 Å². The van der Waals surface area contributed by atoms with E-state index in [1.165, 1.54) is 6.92 Å². The minimum atomic E-state index is -0.470. The number of allylic oxidation sites excluding steroid dienone is 4. The molecule has 1 aromatic heterocycles. The molecule has 0 unspecified atom stereocenters. The Bertz CT molecular complexity index is 1070. The monoisotopic (exact) mass is 432 g/mol. The van der Waals surface area contributed by atoms with Crippen LogP contribution in [0.2, 0.25) is 0 Å². The van der Waals surface area contributed by atoms with E-state index in [1.807, 2.05) is 86.3 Å². The molecule has 0 saturated heterocycles. The highest BCUT2D eigenvalue weighted by atomic mass is 16.7. The van der Waals surface area contributed by atoms with Crippen molar-refractivity contribution in [3.8, 4) is 0 Å². The topological polar surface area (TPSA) is 60.7 Å². The molecule has 0 N–H and O–H groups in total. The number of carbonyl (C=O) groups excluding carboxylic acids is 2. The van der Waals surface area contributed by atoms with Crippen molar-refractivity contribution in [2.24, 2.45) is 5.16 Å². The van der Waals surface area contributed by atoms with Gasteiger partial charge in [-0.3, -0.25) is 4.79 Å². The van der Waals surface area contributed by atoms with E-state index < -0.39 is 5.97 Å². The van der Waals surface area contributed by atoms with Crippen molar-refractivity contribution in [3.05, 3.63) is 94.8 Å². The van der Waals surface area contributed by atoms with Gasteiger partial charge in [-0.25, -0.2) is 4.79 Å². The van der Waals surface area contributed by atoms with E-state index >= 15 is 0 Å². The molecule has 0 aromatic carbocycles. The first kappa shape index (κ1) is 24.8. The molecule has 5 nitrogen and oxygen atoms in total. The third kappa shape index (κ3) is 7.65. The summed E-state index contributed by atoms with van der Waals surface area (Å²) in [6.45, 7) is 9.84. The average Bonchev–Trinajstić information content (AvgIpc) is 2.78. The van der Waals surface area contributed by atoms with Gasteiger partial charge in [-0.1, -0.05) is 41.1 Å². The van der Waals surface area contributed by atoms with E-state index in [0.717, 1.165) is 41.7 Å². The van der Waals surface area contributed by atoms with E-state index in [4.69, 9.17) is 4.84 Å². The van der Waals surface area contributed by atoms with Crippen molar-refractivity contribution in [3.63, 3.8) is 0 Å². The molecule has 0 amide bonds. The Morgan fingerprint density at radius 1 is 0.969 bits per heavy atom. The second-order valence-corrected chi connectivity index (χ2v) is 7.65. The average molecular weight is 433 g/mol. The number of carbonyl (C=O) groups is 2. The maximum atomic E-state index is 13.3. The summed E-state index contributed by atoms with van der Waals surface area (Å²) in [4.78, 5) is 29.2. The Balaban J connectivity index is 2.67. The number of hydrogen-bond acceptors (Lipinski definition) is 4. The minimum absolute atomic E-state index is 0.0210. The highest BCUT2D eigenvalue weighted by molar-refractivity contribution is 6.11. The summed E-state index contributed by atoms with van der Waals surface area (Å²) in [7, 11) is 0. The summed E-state index contributed by atoms with van der Waals surface area (Å²) >= 11 is 0. The predicted molar refractivity (Wildman–Crippen MR) is 129 cm³/mol. The first-order valence-electron chi connectivity index (χ1n) is 10.9. The van der Waals surface area contributed by atoms with Crippen LogP contribution in [0.1, 0.15) is 62.0 Å². The molecule has 0 atom stereocenters. The quantitative estimate of drug-likeness (QED) is 0.241. The van der Waals surface area contributed by atoms with Gasteiger partial charge in [-0.15, -0.1) is 0 Å². The summed E-state index contributed by atoms with van der Waals surface area (Å²) < 4.78 is 2.01. The third-order valence-corrected chi connectivity index (χ3v) is 5.01. The highest BCUT2D eigenvalue weighted by Crippen LogP contribution is 2.22. The zero-order valence-corrected chi connectivity index (χ0v) is 19.6. The lowest BCUT2D eigenvalue weighted by atomic mass is 9.92. The molecule has 0 fully saturated rings. The van der Waals surface area contributed by atoms with Crippen LogP contribution in [0.5, 0.6) is 0 Å². The van der Waals surface area contributed by atoms with Gasteiger partial charge in [-0.2, -0.15) is 0 Å². The Morgan fingerprint density at radius 2 is 1.62 bits per heavy atom. The molecule has 5 heteroatoms. The van der Waals surface area contributed by atoms with Crippen molar-refractivity contribution in [2.45, 2.75) is 54.0 Å². The highest BCUT2D eigenvalue weighted by Gasteiger charge is 2.15. The van der Waals surface area contributed by atoms with Crippen molar-refractivity contribution in [2.75, 3.05) is 0 Å². The van der Waals surface area contributed by atoms with Crippen molar-refractivity contribution >= 4 is 17.5 Å². The number of nitrogens with zero attached hydrogens (tertiary/aromatic N) is 2. The number of Topliss-reactive ketones (excluding diaryl/α,β-unsaturated/α-hetero) is 1. The lowest BCUT2D eigenvalue weighted by Crippen LogP contribution is -2.06. The van der Waals surface area contributed by atoms with Crippen LogP contribution in [0.25, 0.3) is 0 Å². The second kappa shape index (κ2) is 12.4. The number of ketones is 1. The van der Waals surface area contributed by atoms with Crippen LogP contribution in [0, 0.1) is 6.92 Å². The van der Waals surface area contributed by atoms with Crippen molar-refractivity contribution in [1.29, 1.82) is 0 Å². The maximum Gasteiger partial charge on any atom is 0.331 e. The Morgan fingerprint density at radius 3 is 2.25 bits per heavy atom. The molecule has 168 valence electrons. The van der Waals surface area contributed by atoms with Gasteiger partial charge in [0, 0.05) is 37.0 Å². The maximum absolute atomic E-state index is 13.3. The zero-order valence-electron chi connectivity index (χ0n) is 19.6. The van der Waals surface area contributed by atoms with Crippen molar-refractivity contribution < 1.29 is 14.4 Å². The fourth-order valence-corrected chi connectivity index (χ4v) is 3.19. The first-order valence-corrected chi connectivity index (χ1v) is 10.9. The number of aromatic nitrogens is 1. The molecule has 1 aliphatic rings. The molecule has 0 radical (unpaired) electrons. The number of rotatable bonds is 5. The van der Waals surface area contributed by atoms with Crippen molar-refractivity contribution in [1.82, 2.24) is 4.57 Å². The van der Waals surface area contributed by atoms with Crippen LogP contribution in [0.4, 0.5) is 0 Å². The zero-order chi connectivity index (χ0) is 23.5. The van der Waals surface area contributed by atoms with E-state index in [1.54, 1.807) is 6.92 Å². The second-order valence-electron chi connectivity index (χ2n) is 7.65. The summed E-state index contributed by atoms with van der Waals surface area (Å²) in [6, 6.07) is 13.3. The van der Waals surface area contributed by atoms with Gasteiger partial charge in [0.15, 0.2) is 5.78 Å².